The zero-order chi connectivity index (χ0) is 15.0. The Kier molecular flexibility index (Phi) is 6.84. The van der Waals surface area contributed by atoms with E-state index in [1.165, 1.54) is 12.1 Å². The first-order valence-corrected chi connectivity index (χ1v) is 6.88. The van der Waals surface area contributed by atoms with Gasteiger partial charge in [0.1, 0.15) is 17.7 Å². The van der Waals surface area contributed by atoms with Gasteiger partial charge in [0.05, 0.1) is 6.54 Å². The molecule has 0 radical (unpaired) electrons. The van der Waals surface area contributed by atoms with E-state index in [2.05, 4.69) is 29.5 Å². The maximum atomic E-state index is 12.8. The van der Waals surface area contributed by atoms with Crippen LogP contribution in [0, 0.1) is 11.7 Å². The van der Waals surface area contributed by atoms with E-state index in [9.17, 15) is 4.39 Å². The Bertz CT molecular complexity index is 418. The van der Waals surface area contributed by atoms with Gasteiger partial charge in [-0.3, -0.25) is 4.99 Å². The summed E-state index contributed by atoms with van der Waals surface area (Å²) in [6, 6.07) is 6.02. The largest absolute Gasteiger partial charge is 0.489 e. The van der Waals surface area contributed by atoms with Crippen LogP contribution in [0.5, 0.6) is 5.75 Å². The van der Waals surface area contributed by atoms with E-state index in [-0.39, 0.29) is 11.9 Å². The summed E-state index contributed by atoms with van der Waals surface area (Å²) in [7, 11) is 1.74. The number of hydrogen-bond acceptors (Lipinski definition) is 2. The first-order valence-electron chi connectivity index (χ1n) is 6.88. The molecule has 1 aromatic rings. The van der Waals surface area contributed by atoms with Gasteiger partial charge in [-0.15, -0.1) is 0 Å². The normalized spacial score (nSPS) is 13.2. The highest BCUT2D eigenvalue weighted by Crippen LogP contribution is 2.12. The summed E-state index contributed by atoms with van der Waals surface area (Å²) in [6.45, 7) is 7.72. The number of hydrogen-bond donors (Lipinski definition) is 2. The lowest BCUT2D eigenvalue weighted by molar-refractivity contribution is 0.223. The maximum absolute atomic E-state index is 12.8. The average Bonchev–Trinajstić information content (AvgIpc) is 2.41. The van der Waals surface area contributed by atoms with Crippen molar-refractivity contribution in [1.82, 2.24) is 10.6 Å². The van der Waals surface area contributed by atoms with Gasteiger partial charge in [0.15, 0.2) is 5.96 Å². The molecule has 0 saturated heterocycles. The van der Waals surface area contributed by atoms with Crippen LogP contribution in [0.25, 0.3) is 0 Å². The zero-order valence-electron chi connectivity index (χ0n) is 12.6. The number of nitrogens with one attached hydrogen (secondary N) is 2. The molecule has 4 nitrogen and oxygen atoms in total. The van der Waals surface area contributed by atoms with Crippen LogP contribution in [0.4, 0.5) is 4.39 Å². The molecule has 0 aliphatic heterocycles. The van der Waals surface area contributed by atoms with Gasteiger partial charge in [-0.05, 0) is 37.1 Å². The minimum absolute atomic E-state index is 0.0435. The molecule has 0 aliphatic rings. The van der Waals surface area contributed by atoms with Crippen molar-refractivity contribution in [3.8, 4) is 5.75 Å². The van der Waals surface area contributed by atoms with Crippen molar-refractivity contribution in [1.29, 1.82) is 0 Å². The summed E-state index contributed by atoms with van der Waals surface area (Å²) >= 11 is 0. The molecule has 0 saturated carbocycles. The summed E-state index contributed by atoms with van der Waals surface area (Å²) < 4.78 is 18.5. The Hall–Kier alpha value is -1.78. The average molecular weight is 281 g/mol. The third kappa shape index (κ3) is 6.41. The molecule has 112 valence electrons. The topological polar surface area (TPSA) is 45.7 Å². The molecule has 1 atom stereocenters. The Morgan fingerprint density at radius 1 is 1.15 bits per heavy atom. The fourth-order valence-electron chi connectivity index (χ4n) is 1.55. The predicted octanol–water partition coefficient (Wildman–Crippen LogP) is 2.41. The first kappa shape index (κ1) is 16.3. The van der Waals surface area contributed by atoms with Crippen LogP contribution in [0.2, 0.25) is 0 Å². The highest BCUT2D eigenvalue weighted by molar-refractivity contribution is 5.79. The van der Waals surface area contributed by atoms with E-state index in [1.807, 2.05) is 6.92 Å². The highest BCUT2D eigenvalue weighted by atomic mass is 19.1. The predicted molar refractivity (Wildman–Crippen MR) is 80.7 cm³/mol. The molecule has 0 bridgehead atoms. The second-order valence-corrected chi connectivity index (χ2v) is 5.11. The Morgan fingerprint density at radius 2 is 1.75 bits per heavy atom. The molecule has 0 aromatic heterocycles. The molecule has 0 heterocycles. The zero-order valence-corrected chi connectivity index (χ0v) is 12.6. The quantitative estimate of drug-likeness (QED) is 0.622. The fraction of sp³-hybridized carbons (Fsp3) is 0.533. The Labute approximate surface area is 120 Å². The highest BCUT2D eigenvalue weighted by Gasteiger charge is 2.06. The lowest BCUT2D eigenvalue weighted by atomic mass is 10.2. The van der Waals surface area contributed by atoms with Crippen LogP contribution in [0.3, 0.4) is 0 Å². The number of halogens is 1. The van der Waals surface area contributed by atoms with Crippen molar-refractivity contribution in [2.75, 3.05) is 20.1 Å². The van der Waals surface area contributed by atoms with Crippen molar-refractivity contribution in [2.45, 2.75) is 26.9 Å². The standard InChI is InChI=1S/C15H24FN3O/c1-11(2)9-18-15(17-4)19-10-12(3)20-14-7-5-13(16)6-8-14/h5-8,11-12H,9-10H2,1-4H3,(H2,17,18,19). The van der Waals surface area contributed by atoms with Gasteiger partial charge in [-0.25, -0.2) is 4.39 Å². The third-order valence-corrected chi connectivity index (χ3v) is 2.61. The third-order valence-electron chi connectivity index (χ3n) is 2.61. The minimum Gasteiger partial charge on any atom is -0.489 e. The van der Waals surface area contributed by atoms with Crippen LogP contribution in [-0.4, -0.2) is 32.2 Å². The molecule has 20 heavy (non-hydrogen) atoms. The van der Waals surface area contributed by atoms with Crippen LogP contribution < -0.4 is 15.4 Å². The van der Waals surface area contributed by atoms with Crippen LogP contribution in [0.1, 0.15) is 20.8 Å². The molecular weight excluding hydrogens is 257 g/mol. The van der Waals surface area contributed by atoms with Crippen LogP contribution >= 0.6 is 0 Å². The number of benzene rings is 1. The maximum Gasteiger partial charge on any atom is 0.191 e. The molecule has 0 amide bonds. The van der Waals surface area contributed by atoms with Crippen molar-refractivity contribution in [2.24, 2.45) is 10.9 Å². The Morgan fingerprint density at radius 3 is 2.30 bits per heavy atom. The molecular formula is C15H24FN3O. The molecule has 0 spiro atoms. The SMILES string of the molecule is CN=C(NCC(C)C)NCC(C)Oc1ccc(F)cc1. The van der Waals surface area contributed by atoms with Gasteiger partial charge in [-0.2, -0.15) is 0 Å². The van der Waals surface area contributed by atoms with Crippen molar-refractivity contribution >= 4 is 5.96 Å². The molecule has 0 aliphatic carbocycles. The molecule has 2 N–H and O–H groups in total. The van der Waals surface area contributed by atoms with Gasteiger partial charge in [0.2, 0.25) is 0 Å². The molecule has 1 unspecified atom stereocenters. The summed E-state index contributed by atoms with van der Waals surface area (Å²) in [5, 5.41) is 6.43. The van der Waals surface area contributed by atoms with E-state index in [0.29, 0.717) is 18.2 Å². The summed E-state index contributed by atoms with van der Waals surface area (Å²) in [5.74, 6) is 1.71. The van der Waals surface area contributed by atoms with Crippen molar-refractivity contribution in [3.05, 3.63) is 30.1 Å². The molecule has 1 rings (SSSR count). The number of aliphatic imine (C=N–C) groups is 1. The summed E-state index contributed by atoms with van der Waals surface area (Å²) in [5.41, 5.74) is 0. The lowest BCUT2D eigenvalue weighted by Crippen LogP contribution is -2.42. The molecule has 5 heteroatoms. The lowest BCUT2D eigenvalue weighted by Gasteiger charge is -2.18. The number of nitrogens with zero attached hydrogens (tertiary/aromatic N) is 1. The minimum atomic E-state index is -0.263. The van der Waals surface area contributed by atoms with Gasteiger partial charge in [-0.1, -0.05) is 13.8 Å². The molecule has 1 aromatic carbocycles. The summed E-state index contributed by atoms with van der Waals surface area (Å²) in [6.07, 6.45) is -0.0435. The Balaban J connectivity index is 2.34. The number of ether oxygens (including phenoxy) is 1. The van der Waals surface area contributed by atoms with Crippen LogP contribution in [-0.2, 0) is 0 Å². The number of rotatable bonds is 6. The van der Waals surface area contributed by atoms with Crippen LogP contribution in [0.15, 0.2) is 29.3 Å². The second-order valence-electron chi connectivity index (χ2n) is 5.11. The van der Waals surface area contributed by atoms with Crippen molar-refractivity contribution in [3.63, 3.8) is 0 Å². The molecule has 0 fully saturated rings. The van der Waals surface area contributed by atoms with E-state index >= 15 is 0 Å². The van der Waals surface area contributed by atoms with Crippen molar-refractivity contribution < 1.29 is 9.13 Å². The van der Waals surface area contributed by atoms with Gasteiger partial charge in [0.25, 0.3) is 0 Å². The number of guanidine groups is 1. The van der Waals surface area contributed by atoms with Gasteiger partial charge < -0.3 is 15.4 Å². The van der Waals surface area contributed by atoms with E-state index in [1.54, 1.807) is 19.2 Å². The second kappa shape index (κ2) is 8.40. The van der Waals surface area contributed by atoms with E-state index in [4.69, 9.17) is 4.74 Å². The fourth-order valence-corrected chi connectivity index (χ4v) is 1.55. The first-order chi connectivity index (χ1) is 9.51. The summed E-state index contributed by atoms with van der Waals surface area (Å²) in [4.78, 5) is 4.14. The van der Waals surface area contributed by atoms with Gasteiger partial charge >= 0.3 is 0 Å². The van der Waals surface area contributed by atoms with E-state index < -0.39 is 0 Å². The van der Waals surface area contributed by atoms with Gasteiger partial charge in [0, 0.05) is 13.6 Å². The monoisotopic (exact) mass is 281 g/mol. The van der Waals surface area contributed by atoms with E-state index in [0.717, 1.165) is 12.5 Å². The smallest absolute Gasteiger partial charge is 0.191 e.